The number of nitriles is 1. The van der Waals surface area contributed by atoms with Crippen LogP contribution in [0.4, 0.5) is 5.95 Å². The van der Waals surface area contributed by atoms with Crippen LogP contribution in [0.15, 0.2) is 60.9 Å². The number of ketones is 1. The highest BCUT2D eigenvalue weighted by atomic mass is 16.1. The molecule has 0 unspecified atom stereocenters. The largest absolute Gasteiger partial charge is 0.350 e. The van der Waals surface area contributed by atoms with Crippen LogP contribution in [0, 0.1) is 18.3 Å². The van der Waals surface area contributed by atoms with Gasteiger partial charge in [0, 0.05) is 24.5 Å². The monoisotopic (exact) mass is 328 g/mol. The fraction of sp³-hybridized carbons (Fsp3) is 0.100. The molecule has 0 radical (unpaired) electrons. The molecule has 2 aromatic carbocycles. The number of carbonyl (C=O) groups excluding carboxylic acids is 1. The first-order valence-electron chi connectivity index (χ1n) is 7.82. The molecule has 122 valence electrons. The van der Waals surface area contributed by atoms with Crippen LogP contribution in [-0.4, -0.2) is 15.8 Å². The maximum Gasteiger partial charge on any atom is 0.222 e. The van der Waals surface area contributed by atoms with Crippen LogP contribution in [0.5, 0.6) is 0 Å². The van der Waals surface area contributed by atoms with Crippen molar-refractivity contribution < 1.29 is 4.79 Å². The molecule has 1 aromatic heterocycles. The first-order valence-corrected chi connectivity index (χ1v) is 7.82. The molecule has 0 fully saturated rings. The van der Waals surface area contributed by atoms with E-state index in [2.05, 4.69) is 21.4 Å². The molecule has 0 amide bonds. The summed E-state index contributed by atoms with van der Waals surface area (Å²) in [5.41, 5.74) is 3.76. The number of nitrogens with zero attached hydrogens (tertiary/aromatic N) is 3. The van der Waals surface area contributed by atoms with Gasteiger partial charge in [-0.3, -0.25) is 4.79 Å². The lowest BCUT2D eigenvalue weighted by atomic mass is 10.0. The van der Waals surface area contributed by atoms with E-state index in [4.69, 9.17) is 5.26 Å². The maximum atomic E-state index is 12.4. The molecule has 3 rings (SSSR count). The summed E-state index contributed by atoms with van der Waals surface area (Å²) in [5.74, 6) is 0.354. The summed E-state index contributed by atoms with van der Waals surface area (Å²) in [7, 11) is 0. The molecule has 0 atom stereocenters. The maximum absolute atomic E-state index is 12.4. The minimum Gasteiger partial charge on any atom is -0.350 e. The molecule has 3 aromatic rings. The Morgan fingerprint density at radius 3 is 2.44 bits per heavy atom. The van der Waals surface area contributed by atoms with Crippen LogP contribution in [0.2, 0.25) is 0 Å². The highest BCUT2D eigenvalue weighted by Crippen LogP contribution is 2.12. The molecule has 1 N–H and O–H groups in total. The number of hydrogen-bond acceptors (Lipinski definition) is 5. The van der Waals surface area contributed by atoms with Gasteiger partial charge in [0.25, 0.3) is 0 Å². The molecule has 25 heavy (non-hydrogen) atoms. The van der Waals surface area contributed by atoms with Gasteiger partial charge >= 0.3 is 0 Å². The Morgan fingerprint density at radius 2 is 1.80 bits per heavy atom. The summed E-state index contributed by atoms with van der Waals surface area (Å²) in [4.78, 5) is 20.8. The van der Waals surface area contributed by atoms with Crippen molar-refractivity contribution >= 4 is 11.7 Å². The van der Waals surface area contributed by atoms with E-state index in [1.165, 1.54) is 12.4 Å². The van der Waals surface area contributed by atoms with E-state index in [0.29, 0.717) is 29.2 Å². The molecule has 0 aliphatic heterocycles. The van der Waals surface area contributed by atoms with Gasteiger partial charge in [0.15, 0.2) is 5.78 Å². The number of aryl methyl sites for hydroxylation is 1. The van der Waals surface area contributed by atoms with Crippen molar-refractivity contribution in [2.24, 2.45) is 0 Å². The predicted molar refractivity (Wildman–Crippen MR) is 95.1 cm³/mol. The van der Waals surface area contributed by atoms with Gasteiger partial charge in [-0.1, -0.05) is 35.9 Å². The quantitative estimate of drug-likeness (QED) is 0.725. The van der Waals surface area contributed by atoms with E-state index in [9.17, 15) is 4.79 Å². The SMILES string of the molecule is Cc1cccc(C(=O)c2cnc(NCc3ccc(C#N)cc3)nc2)c1. The Labute approximate surface area is 146 Å². The Balaban J connectivity index is 1.65. The third kappa shape index (κ3) is 4.06. The smallest absolute Gasteiger partial charge is 0.222 e. The lowest BCUT2D eigenvalue weighted by molar-refractivity contribution is 0.103. The van der Waals surface area contributed by atoms with Crippen molar-refractivity contribution in [3.63, 3.8) is 0 Å². The zero-order valence-corrected chi connectivity index (χ0v) is 13.7. The highest BCUT2D eigenvalue weighted by molar-refractivity contribution is 6.08. The van der Waals surface area contributed by atoms with Gasteiger partial charge in [0.2, 0.25) is 5.95 Å². The zero-order valence-electron chi connectivity index (χ0n) is 13.7. The van der Waals surface area contributed by atoms with Crippen LogP contribution in [0.1, 0.15) is 32.6 Å². The second kappa shape index (κ2) is 7.37. The predicted octanol–water partition coefficient (Wildman–Crippen LogP) is 3.50. The van der Waals surface area contributed by atoms with E-state index in [1.54, 1.807) is 18.2 Å². The van der Waals surface area contributed by atoms with Crippen LogP contribution in [0.3, 0.4) is 0 Å². The molecular formula is C20H16N4O. The summed E-state index contributed by atoms with van der Waals surface area (Å²) >= 11 is 0. The minimum atomic E-state index is -0.0951. The standard InChI is InChI=1S/C20H16N4O/c1-14-3-2-4-17(9-14)19(25)18-12-23-20(24-13-18)22-11-16-7-5-15(10-21)6-8-16/h2-9,12-13H,11H2,1H3,(H,22,23,24). The third-order valence-corrected chi connectivity index (χ3v) is 3.73. The summed E-state index contributed by atoms with van der Waals surface area (Å²) in [6.07, 6.45) is 3.05. The van der Waals surface area contributed by atoms with Crippen LogP contribution < -0.4 is 5.32 Å². The van der Waals surface area contributed by atoms with E-state index in [0.717, 1.165) is 11.1 Å². The fourth-order valence-electron chi connectivity index (χ4n) is 2.37. The third-order valence-electron chi connectivity index (χ3n) is 3.73. The van der Waals surface area contributed by atoms with Gasteiger partial charge in [0.05, 0.1) is 17.2 Å². The molecule has 0 spiro atoms. The van der Waals surface area contributed by atoms with Gasteiger partial charge < -0.3 is 5.32 Å². The van der Waals surface area contributed by atoms with Crippen LogP contribution in [-0.2, 0) is 6.54 Å². The Hall–Kier alpha value is -3.52. The number of benzene rings is 2. The van der Waals surface area contributed by atoms with Crippen molar-refractivity contribution in [3.05, 3.63) is 88.7 Å². The summed E-state index contributed by atoms with van der Waals surface area (Å²) < 4.78 is 0. The van der Waals surface area contributed by atoms with Crippen LogP contribution in [0.25, 0.3) is 0 Å². The Morgan fingerprint density at radius 1 is 1.08 bits per heavy atom. The second-order valence-electron chi connectivity index (χ2n) is 5.66. The molecule has 0 aliphatic rings. The van der Waals surface area contributed by atoms with Crippen molar-refractivity contribution in [2.75, 3.05) is 5.32 Å². The van der Waals surface area contributed by atoms with Gasteiger partial charge in [-0.05, 0) is 30.7 Å². The highest BCUT2D eigenvalue weighted by Gasteiger charge is 2.10. The van der Waals surface area contributed by atoms with Crippen molar-refractivity contribution in [3.8, 4) is 6.07 Å². The number of aromatic nitrogens is 2. The average molecular weight is 328 g/mol. The second-order valence-corrected chi connectivity index (χ2v) is 5.66. The van der Waals surface area contributed by atoms with E-state index in [-0.39, 0.29) is 5.78 Å². The summed E-state index contributed by atoms with van der Waals surface area (Å²) in [6, 6.07) is 16.8. The topological polar surface area (TPSA) is 78.7 Å². The van der Waals surface area contributed by atoms with Crippen molar-refractivity contribution in [1.82, 2.24) is 9.97 Å². The van der Waals surface area contributed by atoms with Crippen molar-refractivity contribution in [1.29, 1.82) is 5.26 Å². The first-order chi connectivity index (χ1) is 12.2. The van der Waals surface area contributed by atoms with Crippen molar-refractivity contribution in [2.45, 2.75) is 13.5 Å². The van der Waals surface area contributed by atoms with Crippen LogP contribution >= 0.6 is 0 Å². The Bertz CT molecular complexity index is 925. The van der Waals surface area contributed by atoms with E-state index in [1.807, 2.05) is 37.3 Å². The van der Waals surface area contributed by atoms with Gasteiger partial charge in [-0.2, -0.15) is 5.26 Å². The zero-order chi connectivity index (χ0) is 17.6. The lowest BCUT2D eigenvalue weighted by Gasteiger charge is -2.06. The van der Waals surface area contributed by atoms with E-state index >= 15 is 0 Å². The molecule has 0 aliphatic carbocycles. The minimum absolute atomic E-state index is 0.0951. The normalized spacial score (nSPS) is 10.1. The fourth-order valence-corrected chi connectivity index (χ4v) is 2.37. The van der Waals surface area contributed by atoms with Gasteiger partial charge in [-0.15, -0.1) is 0 Å². The molecule has 0 saturated heterocycles. The number of anilines is 1. The summed E-state index contributed by atoms with van der Waals surface area (Å²) in [6.45, 7) is 2.49. The average Bonchev–Trinajstić information content (AvgIpc) is 2.66. The number of nitrogens with one attached hydrogen (secondary N) is 1. The molecular weight excluding hydrogens is 312 g/mol. The number of carbonyl (C=O) groups is 1. The number of rotatable bonds is 5. The Kier molecular flexibility index (Phi) is 4.82. The van der Waals surface area contributed by atoms with E-state index < -0.39 is 0 Å². The number of hydrogen-bond donors (Lipinski definition) is 1. The summed E-state index contributed by atoms with van der Waals surface area (Å²) in [5, 5.41) is 11.9. The molecule has 5 heteroatoms. The lowest BCUT2D eigenvalue weighted by Crippen LogP contribution is -2.07. The molecule has 5 nitrogen and oxygen atoms in total. The molecule has 0 bridgehead atoms. The first kappa shape index (κ1) is 16.3. The molecule has 1 heterocycles. The van der Waals surface area contributed by atoms with Gasteiger partial charge in [0.1, 0.15) is 0 Å². The molecule has 0 saturated carbocycles. The van der Waals surface area contributed by atoms with Gasteiger partial charge in [-0.25, -0.2) is 9.97 Å².